The molecular weight excluding hydrogens is 835 g/mol. The van der Waals surface area contributed by atoms with Crippen LogP contribution in [-0.2, 0) is 10.8 Å². The van der Waals surface area contributed by atoms with Gasteiger partial charge in [-0.1, -0.05) is 155 Å². The van der Waals surface area contributed by atoms with Crippen LogP contribution in [0.2, 0.25) is 0 Å². The molecule has 3 aromatic heterocycles. The maximum absolute atomic E-state index is 2.58. The summed E-state index contributed by atoms with van der Waals surface area (Å²) < 4.78 is 7.42. The molecule has 15 rings (SSSR count). The number of nitrogens with zero attached hydrogens (tertiary/aromatic N) is 3. The Bertz CT molecular complexity index is 4340. The second-order valence-electron chi connectivity index (χ2n) is 20.5. The van der Waals surface area contributed by atoms with Crippen molar-refractivity contribution in [2.45, 2.75) is 38.5 Å². The molecule has 0 radical (unpaired) electrons. The van der Waals surface area contributed by atoms with Crippen molar-refractivity contribution < 1.29 is 0 Å². The molecule has 326 valence electrons. The molecule has 0 amide bonds. The fourth-order valence-corrected chi connectivity index (χ4v) is 13.0. The molecule has 0 fully saturated rings. The van der Waals surface area contributed by atoms with Crippen LogP contribution in [0.5, 0.6) is 0 Å². The molecule has 0 saturated carbocycles. The van der Waals surface area contributed by atoms with E-state index in [1.807, 2.05) is 0 Å². The van der Waals surface area contributed by atoms with Gasteiger partial charge >= 0.3 is 0 Å². The summed E-state index contributed by atoms with van der Waals surface area (Å²) in [5.41, 5.74) is 23.8. The van der Waals surface area contributed by atoms with Gasteiger partial charge in [-0.2, -0.15) is 0 Å². The monoisotopic (exact) mass is 881 g/mol. The first kappa shape index (κ1) is 38.7. The SMILES string of the molecule is CC1(C)c2cc(-n3c4ccccc4c4ccc5c(c43)C(C)(C)c3cc(-c4ccc6c(c4)c4ccccc4n6-c4ccccc4)ccc3-5)ccc2-c2cc3c(cc21)c1ccccc1n3-c1ccccc1. The quantitative estimate of drug-likeness (QED) is 0.167. The Balaban J connectivity index is 0.890. The molecule has 0 unspecified atom stereocenters. The van der Waals surface area contributed by atoms with Crippen LogP contribution in [0, 0.1) is 0 Å². The number of aromatic nitrogens is 3. The van der Waals surface area contributed by atoms with Crippen molar-refractivity contribution in [3.63, 3.8) is 0 Å². The van der Waals surface area contributed by atoms with Crippen LogP contribution in [0.15, 0.2) is 212 Å². The number of hydrogen-bond donors (Lipinski definition) is 0. The molecule has 3 heteroatoms. The van der Waals surface area contributed by atoms with Crippen molar-refractivity contribution in [2.24, 2.45) is 0 Å². The predicted molar refractivity (Wildman–Crippen MR) is 290 cm³/mol. The van der Waals surface area contributed by atoms with Crippen LogP contribution in [0.3, 0.4) is 0 Å². The fraction of sp³-hybridized carbons (Fsp3) is 0.0909. The molecule has 0 spiro atoms. The summed E-state index contributed by atoms with van der Waals surface area (Å²) in [7, 11) is 0. The van der Waals surface area contributed by atoms with Gasteiger partial charge in [-0.25, -0.2) is 0 Å². The van der Waals surface area contributed by atoms with Gasteiger partial charge < -0.3 is 13.7 Å². The maximum atomic E-state index is 2.58. The highest BCUT2D eigenvalue weighted by atomic mass is 15.0. The number of para-hydroxylation sites is 5. The highest BCUT2D eigenvalue weighted by Crippen LogP contribution is 2.56. The van der Waals surface area contributed by atoms with Gasteiger partial charge in [0, 0.05) is 60.2 Å². The zero-order chi connectivity index (χ0) is 45.9. The van der Waals surface area contributed by atoms with Gasteiger partial charge in [0.25, 0.3) is 0 Å². The Labute approximate surface area is 400 Å². The summed E-state index contributed by atoms with van der Waals surface area (Å²) in [6.07, 6.45) is 0. The van der Waals surface area contributed by atoms with Crippen molar-refractivity contribution in [2.75, 3.05) is 0 Å². The molecule has 69 heavy (non-hydrogen) atoms. The van der Waals surface area contributed by atoms with Gasteiger partial charge in [-0.15, -0.1) is 0 Å². The summed E-state index contributed by atoms with van der Waals surface area (Å²) in [6.45, 7) is 9.73. The zero-order valence-corrected chi connectivity index (χ0v) is 39.0. The van der Waals surface area contributed by atoms with Crippen LogP contribution in [0.4, 0.5) is 0 Å². The first-order valence-corrected chi connectivity index (χ1v) is 24.3. The van der Waals surface area contributed by atoms with Crippen molar-refractivity contribution in [3.05, 3.63) is 235 Å². The van der Waals surface area contributed by atoms with E-state index >= 15 is 0 Å². The van der Waals surface area contributed by atoms with Crippen LogP contribution in [0.1, 0.15) is 49.9 Å². The summed E-state index contributed by atoms with van der Waals surface area (Å²) in [6, 6.07) is 79.5. The van der Waals surface area contributed by atoms with E-state index in [9.17, 15) is 0 Å². The number of hydrogen-bond acceptors (Lipinski definition) is 0. The fourth-order valence-electron chi connectivity index (χ4n) is 13.0. The maximum Gasteiger partial charge on any atom is 0.0588 e. The number of fused-ring (bicyclic) bond motifs is 16. The van der Waals surface area contributed by atoms with E-state index in [4.69, 9.17) is 0 Å². The largest absolute Gasteiger partial charge is 0.309 e. The molecular formula is C66H47N3. The molecule has 0 saturated heterocycles. The smallest absolute Gasteiger partial charge is 0.0588 e. The summed E-state index contributed by atoms with van der Waals surface area (Å²) in [4.78, 5) is 0. The topological polar surface area (TPSA) is 14.8 Å². The minimum atomic E-state index is -0.270. The standard InChI is InChI=1S/C66H47N3/c1-65(2)56-37-44(29-31-46(56)52-39-62-54(38-57(52)65)49-23-13-15-25-59(49)68(62)43-19-9-6-10-20-43)69-60-26-16-11-21-47(60)51-33-32-50-45-30-27-41(36-55(45)66(3,4)63(50)64(51)69)40-28-34-61-53(35-40)48-22-12-14-24-58(48)67(61)42-17-7-5-8-18-42/h5-39H,1-4H3. The summed E-state index contributed by atoms with van der Waals surface area (Å²) in [5, 5.41) is 7.70. The molecule has 0 bridgehead atoms. The molecule has 2 aliphatic rings. The third-order valence-corrected chi connectivity index (χ3v) is 16.2. The molecule has 0 N–H and O–H groups in total. The first-order chi connectivity index (χ1) is 33.8. The van der Waals surface area contributed by atoms with E-state index in [0.717, 1.165) is 0 Å². The molecule has 13 aromatic rings. The van der Waals surface area contributed by atoms with Gasteiger partial charge in [0.1, 0.15) is 0 Å². The zero-order valence-electron chi connectivity index (χ0n) is 39.0. The van der Waals surface area contributed by atoms with Gasteiger partial charge in [0.05, 0.1) is 33.1 Å². The molecule has 10 aromatic carbocycles. The molecule has 2 aliphatic carbocycles. The predicted octanol–water partition coefficient (Wildman–Crippen LogP) is 17.3. The van der Waals surface area contributed by atoms with Crippen LogP contribution in [0.25, 0.3) is 116 Å². The van der Waals surface area contributed by atoms with E-state index < -0.39 is 0 Å². The highest BCUT2D eigenvalue weighted by Gasteiger charge is 2.40. The lowest BCUT2D eigenvalue weighted by atomic mass is 9.80. The van der Waals surface area contributed by atoms with Crippen molar-refractivity contribution >= 4 is 65.4 Å². The first-order valence-electron chi connectivity index (χ1n) is 24.3. The van der Waals surface area contributed by atoms with Crippen molar-refractivity contribution in [1.29, 1.82) is 0 Å². The lowest BCUT2D eigenvalue weighted by Gasteiger charge is -2.25. The Morgan fingerprint density at radius 1 is 0.275 bits per heavy atom. The van der Waals surface area contributed by atoms with Crippen LogP contribution < -0.4 is 0 Å². The molecule has 0 aliphatic heterocycles. The Hall–Kier alpha value is -8.40. The molecule has 0 atom stereocenters. The molecule has 3 nitrogen and oxygen atoms in total. The number of rotatable bonds is 4. The lowest BCUT2D eigenvalue weighted by molar-refractivity contribution is 0.659. The van der Waals surface area contributed by atoms with Gasteiger partial charge in [-0.3, -0.25) is 0 Å². The minimum absolute atomic E-state index is 0.211. The second kappa shape index (κ2) is 13.6. The van der Waals surface area contributed by atoms with E-state index in [2.05, 4.69) is 254 Å². The van der Waals surface area contributed by atoms with Crippen molar-refractivity contribution in [1.82, 2.24) is 13.7 Å². The minimum Gasteiger partial charge on any atom is -0.309 e. The van der Waals surface area contributed by atoms with E-state index in [1.54, 1.807) is 0 Å². The van der Waals surface area contributed by atoms with E-state index in [-0.39, 0.29) is 10.8 Å². The average molecular weight is 882 g/mol. The number of benzene rings is 10. The second-order valence-corrected chi connectivity index (χ2v) is 20.5. The third kappa shape index (κ3) is 5.12. The highest BCUT2D eigenvalue weighted by molar-refractivity contribution is 6.15. The summed E-state index contributed by atoms with van der Waals surface area (Å²) in [5.74, 6) is 0. The lowest BCUT2D eigenvalue weighted by Crippen LogP contribution is -2.17. The van der Waals surface area contributed by atoms with Crippen LogP contribution >= 0.6 is 0 Å². The van der Waals surface area contributed by atoms with E-state index in [0.29, 0.717) is 0 Å². The molecule has 3 heterocycles. The van der Waals surface area contributed by atoms with E-state index in [1.165, 1.54) is 138 Å². The average Bonchev–Trinajstić information content (AvgIpc) is 4.13. The summed E-state index contributed by atoms with van der Waals surface area (Å²) >= 11 is 0. The third-order valence-electron chi connectivity index (χ3n) is 16.2. The van der Waals surface area contributed by atoms with Crippen LogP contribution in [-0.4, -0.2) is 13.7 Å². The van der Waals surface area contributed by atoms with Crippen molar-refractivity contribution in [3.8, 4) is 50.4 Å². The normalized spacial score (nSPS) is 14.3. The Morgan fingerprint density at radius 3 is 1.43 bits per heavy atom. The van der Waals surface area contributed by atoms with Gasteiger partial charge in [0.15, 0.2) is 0 Å². The Morgan fingerprint density at radius 2 is 0.754 bits per heavy atom. The Kier molecular flexibility index (Phi) is 7.63. The van der Waals surface area contributed by atoms with Gasteiger partial charge in [0.2, 0.25) is 0 Å². The van der Waals surface area contributed by atoms with Gasteiger partial charge in [-0.05, 0) is 141 Å².